The van der Waals surface area contributed by atoms with Crippen molar-refractivity contribution >= 4 is 23.5 Å². The average Bonchev–Trinajstić information content (AvgIpc) is 2.89. The van der Waals surface area contributed by atoms with E-state index in [9.17, 15) is 14.7 Å². The molecule has 2 N–H and O–H groups in total. The molecule has 1 atom stereocenters. The molecule has 0 bridgehead atoms. The number of nitrogens with one attached hydrogen (secondary N) is 1. The molecule has 176 valence electrons. The third kappa shape index (κ3) is 5.58. The van der Waals surface area contributed by atoms with Crippen LogP contribution in [-0.2, 0) is 21.4 Å². The van der Waals surface area contributed by atoms with E-state index in [1.807, 2.05) is 91.0 Å². The van der Waals surface area contributed by atoms with Crippen LogP contribution in [0.15, 0.2) is 109 Å². The van der Waals surface area contributed by atoms with Gasteiger partial charge in [-0.1, -0.05) is 109 Å². The molecule has 1 amide bonds. The van der Waals surface area contributed by atoms with Gasteiger partial charge in [0, 0.05) is 19.0 Å². The number of aromatic nitrogens is 1. The number of amides is 1. The zero-order valence-electron chi connectivity index (χ0n) is 19.0. The molecule has 35 heavy (non-hydrogen) atoms. The summed E-state index contributed by atoms with van der Waals surface area (Å²) in [5.41, 5.74) is 2.70. The average molecular weight is 485 g/mol. The van der Waals surface area contributed by atoms with Crippen LogP contribution in [0, 0.1) is 0 Å². The predicted octanol–water partition coefficient (Wildman–Crippen LogP) is 5.27. The van der Waals surface area contributed by atoms with Crippen molar-refractivity contribution in [1.29, 1.82) is 0 Å². The lowest BCUT2D eigenvalue weighted by atomic mass is 9.67. The number of hydrogen-bond donors (Lipinski definition) is 2. The molecule has 0 saturated carbocycles. The lowest BCUT2D eigenvalue weighted by Crippen LogP contribution is -2.45. The fourth-order valence-corrected chi connectivity index (χ4v) is 4.54. The number of halogens is 1. The van der Waals surface area contributed by atoms with Gasteiger partial charge in [-0.15, -0.1) is 0 Å². The zero-order valence-corrected chi connectivity index (χ0v) is 19.7. The lowest BCUT2D eigenvalue weighted by Gasteiger charge is -2.36. The van der Waals surface area contributed by atoms with Crippen molar-refractivity contribution < 1.29 is 14.7 Å². The maximum Gasteiger partial charge on any atom is 0.326 e. The Morgan fingerprint density at radius 3 is 1.69 bits per heavy atom. The smallest absolute Gasteiger partial charge is 0.326 e. The van der Waals surface area contributed by atoms with Crippen LogP contribution in [0.4, 0.5) is 0 Å². The number of rotatable bonds is 9. The van der Waals surface area contributed by atoms with Gasteiger partial charge in [-0.3, -0.25) is 4.79 Å². The SMILES string of the molecule is O=C(CC(c1ccccc1)(c1ccccc1)c1ccccc1)N[C@@H](Cc1ccc(Cl)nc1)C(=O)O. The van der Waals surface area contributed by atoms with Crippen LogP contribution in [0.1, 0.15) is 28.7 Å². The second kappa shape index (κ2) is 11.0. The van der Waals surface area contributed by atoms with Crippen molar-refractivity contribution in [2.45, 2.75) is 24.3 Å². The van der Waals surface area contributed by atoms with E-state index in [-0.39, 0.29) is 18.7 Å². The van der Waals surface area contributed by atoms with Gasteiger partial charge < -0.3 is 10.4 Å². The molecular weight excluding hydrogens is 460 g/mol. The van der Waals surface area contributed by atoms with Crippen molar-refractivity contribution in [2.75, 3.05) is 0 Å². The Bertz CT molecular complexity index is 1170. The van der Waals surface area contributed by atoms with Crippen molar-refractivity contribution in [3.8, 4) is 0 Å². The number of carboxylic acids is 1. The number of pyridine rings is 1. The normalized spacial score (nSPS) is 12.0. The minimum absolute atomic E-state index is 0.0354. The van der Waals surface area contributed by atoms with Gasteiger partial charge in [-0.2, -0.15) is 0 Å². The van der Waals surface area contributed by atoms with Crippen molar-refractivity contribution in [3.63, 3.8) is 0 Å². The number of hydrogen-bond acceptors (Lipinski definition) is 3. The molecule has 6 heteroatoms. The molecule has 0 aliphatic heterocycles. The number of carboxylic acid groups (broad SMARTS) is 1. The van der Waals surface area contributed by atoms with Crippen LogP contribution in [0.2, 0.25) is 5.15 Å². The fourth-order valence-electron chi connectivity index (χ4n) is 4.42. The summed E-state index contributed by atoms with van der Waals surface area (Å²) in [4.78, 5) is 29.6. The quantitative estimate of drug-likeness (QED) is 0.250. The Morgan fingerprint density at radius 2 is 1.29 bits per heavy atom. The van der Waals surface area contributed by atoms with Gasteiger partial charge >= 0.3 is 5.97 Å². The molecule has 0 aliphatic rings. The van der Waals surface area contributed by atoms with E-state index in [4.69, 9.17) is 11.6 Å². The second-order valence-corrected chi connectivity index (χ2v) is 8.72. The Labute approximate surface area is 209 Å². The maximum absolute atomic E-state index is 13.5. The molecule has 0 fully saturated rings. The molecule has 0 unspecified atom stereocenters. The highest BCUT2D eigenvalue weighted by Gasteiger charge is 2.39. The first-order chi connectivity index (χ1) is 17.0. The van der Waals surface area contributed by atoms with Gasteiger partial charge in [-0.05, 0) is 28.3 Å². The minimum atomic E-state index is -1.11. The van der Waals surface area contributed by atoms with Crippen molar-refractivity contribution in [2.24, 2.45) is 0 Å². The number of aliphatic carboxylic acids is 1. The van der Waals surface area contributed by atoms with Crippen LogP contribution in [-0.4, -0.2) is 28.0 Å². The van der Waals surface area contributed by atoms with Gasteiger partial charge in [0.05, 0.1) is 5.41 Å². The summed E-state index contributed by atoms with van der Waals surface area (Å²) in [5.74, 6) is -1.48. The first-order valence-corrected chi connectivity index (χ1v) is 11.7. The van der Waals surface area contributed by atoms with Gasteiger partial charge in [0.15, 0.2) is 0 Å². The van der Waals surface area contributed by atoms with E-state index in [1.54, 1.807) is 12.1 Å². The summed E-state index contributed by atoms with van der Waals surface area (Å²) < 4.78 is 0. The molecule has 1 aromatic heterocycles. The Balaban J connectivity index is 1.72. The summed E-state index contributed by atoms with van der Waals surface area (Å²) >= 11 is 5.85. The molecule has 5 nitrogen and oxygen atoms in total. The van der Waals surface area contributed by atoms with E-state index in [1.165, 1.54) is 6.20 Å². The standard InChI is InChI=1S/C29H25ClN2O3/c30-26-17-16-21(20-31-26)18-25(28(34)35)32-27(33)19-29(22-10-4-1-5-11-22,23-12-6-2-7-13-23)24-14-8-3-9-15-24/h1-17,20,25H,18-19H2,(H,32,33)(H,34,35)/t25-/m0/s1. The summed E-state index contributed by atoms with van der Waals surface area (Å²) in [6.07, 6.45) is 1.65. The summed E-state index contributed by atoms with van der Waals surface area (Å²) in [6, 6.07) is 31.7. The third-order valence-electron chi connectivity index (χ3n) is 6.09. The largest absolute Gasteiger partial charge is 0.480 e. The third-order valence-corrected chi connectivity index (χ3v) is 6.31. The predicted molar refractivity (Wildman–Crippen MR) is 136 cm³/mol. The molecule has 4 rings (SSSR count). The minimum Gasteiger partial charge on any atom is -0.480 e. The Hall–Kier alpha value is -3.96. The van der Waals surface area contributed by atoms with E-state index in [0.717, 1.165) is 16.7 Å². The fraction of sp³-hybridized carbons (Fsp3) is 0.138. The van der Waals surface area contributed by atoms with Gasteiger partial charge in [-0.25, -0.2) is 9.78 Å². The first-order valence-electron chi connectivity index (χ1n) is 11.3. The molecule has 0 spiro atoms. The van der Waals surface area contributed by atoms with Crippen molar-refractivity contribution in [1.82, 2.24) is 10.3 Å². The Morgan fingerprint density at radius 1 is 0.800 bits per heavy atom. The Kier molecular flexibility index (Phi) is 7.58. The van der Waals surface area contributed by atoms with Crippen molar-refractivity contribution in [3.05, 3.63) is 137 Å². The van der Waals surface area contributed by atoms with Gasteiger partial charge in [0.1, 0.15) is 11.2 Å². The number of carbonyl (C=O) groups excluding carboxylic acids is 1. The molecule has 3 aromatic carbocycles. The van der Waals surface area contributed by atoms with Gasteiger partial charge in [0.25, 0.3) is 0 Å². The highest BCUT2D eigenvalue weighted by atomic mass is 35.5. The number of carbonyl (C=O) groups is 2. The van der Waals surface area contributed by atoms with Gasteiger partial charge in [0.2, 0.25) is 5.91 Å². The first kappa shape index (κ1) is 24.2. The van der Waals surface area contributed by atoms with E-state index >= 15 is 0 Å². The van der Waals surface area contributed by atoms with Crippen LogP contribution in [0.25, 0.3) is 0 Å². The van der Waals surface area contributed by atoms with E-state index in [0.29, 0.717) is 10.7 Å². The zero-order chi connectivity index (χ0) is 24.7. The molecule has 4 aromatic rings. The molecule has 0 radical (unpaired) electrons. The number of nitrogens with zero attached hydrogens (tertiary/aromatic N) is 1. The maximum atomic E-state index is 13.5. The summed E-state index contributed by atoms with van der Waals surface area (Å²) in [5, 5.41) is 12.9. The monoisotopic (exact) mass is 484 g/mol. The highest BCUT2D eigenvalue weighted by Crippen LogP contribution is 2.42. The molecule has 0 aliphatic carbocycles. The van der Waals surface area contributed by atoms with Crippen LogP contribution >= 0.6 is 11.6 Å². The van der Waals surface area contributed by atoms with Crippen LogP contribution in [0.5, 0.6) is 0 Å². The summed E-state index contributed by atoms with van der Waals surface area (Å²) in [6.45, 7) is 0. The number of benzene rings is 3. The second-order valence-electron chi connectivity index (χ2n) is 8.33. The van der Waals surface area contributed by atoms with E-state index in [2.05, 4.69) is 10.3 Å². The topological polar surface area (TPSA) is 79.3 Å². The lowest BCUT2D eigenvalue weighted by molar-refractivity contribution is -0.141. The molecule has 1 heterocycles. The van der Waals surface area contributed by atoms with Crippen LogP contribution in [0.3, 0.4) is 0 Å². The van der Waals surface area contributed by atoms with E-state index < -0.39 is 17.4 Å². The molecular formula is C29H25ClN2O3. The molecule has 0 saturated heterocycles. The summed E-state index contributed by atoms with van der Waals surface area (Å²) in [7, 11) is 0. The van der Waals surface area contributed by atoms with Crippen LogP contribution < -0.4 is 5.32 Å². The highest BCUT2D eigenvalue weighted by molar-refractivity contribution is 6.29.